The first-order valence-electron chi connectivity index (χ1n) is 7.53. The van der Waals surface area contributed by atoms with Crippen molar-refractivity contribution in [2.75, 3.05) is 6.61 Å². The third-order valence-corrected chi connectivity index (χ3v) is 4.13. The minimum atomic E-state index is -0.934. The Bertz CT molecular complexity index is 757. The molecule has 2 heterocycles. The molecule has 2 unspecified atom stereocenters. The van der Waals surface area contributed by atoms with Crippen molar-refractivity contribution in [2.45, 2.75) is 25.5 Å². The Balaban J connectivity index is 1.62. The zero-order valence-corrected chi connectivity index (χ0v) is 14.5. The molecular formula is C17H16BrNO5. The fourth-order valence-electron chi connectivity index (χ4n) is 2.48. The van der Waals surface area contributed by atoms with E-state index in [0.717, 1.165) is 11.3 Å². The van der Waals surface area contributed by atoms with Crippen LogP contribution in [0.3, 0.4) is 0 Å². The normalized spacial score (nSPS) is 17.3. The van der Waals surface area contributed by atoms with Gasteiger partial charge in [0, 0.05) is 12.0 Å². The molecule has 1 aromatic carbocycles. The lowest BCUT2D eigenvalue weighted by Gasteiger charge is -2.27. The van der Waals surface area contributed by atoms with Gasteiger partial charge in [-0.1, -0.05) is 18.2 Å². The second-order valence-corrected chi connectivity index (χ2v) is 6.17. The molecule has 0 spiro atoms. The first kappa shape index (κ1) is 16.6. The quantitative estimate of drug-likeness (QED) is 0.806. The molecule has 24 heavy (non-hydrogen) atoms. The summed E-state index contributed by atoms with van der Waals surface area (Å²) in [5.74, 6) is -0.247. The summed E-state index contributed by atoms with van der Waals surface area (Å²) in [6.07, 6.45) is -0.273. The van der Waals surface area contributed by atoms with Crippen LogP contribution in [0.4, 0.5) is 0 Å². The summed E-state index contributed by atoms with van der Waals surface area (Å²) in [6, 6.07) is 10.5. The minimum absolute atomic E-state index is 0.0398. The van der Waals surface area contributed by atoms with Crippen molar-refractivity contribution in [2.24, 2.45) is 0 Å². The summed E-state index contributed by atoms with van der Waals surface area (Å²) in [4.78, 5) is 24.3. The molecule has 2 atom stereocenters. The molecule has 1 aromatic heterocycles. The second-order valence-electron chi connectivity index (χ2n) is 5.39. The van der Waals surface area contributed by atoms with Crippen molar-refractivity contribution in [1.82, 2.24) is 5.32 Å². The monoisotopic (exact) mass is 393 g/mol. The Morgan fingerprint density at radius 2 is 2.08 bits per heavy atom. The van der Waals surface area contributed by atoms with Crippen LogP contribution in [0.1, 0.15) is 35.5 Å². The number of ether oxygens (including phenoxy) is 2. The molecule has 6 nitrogen and oxygen atoms in total. The standard InChI is InChI=1S/C17H16BrNO5/c1-10(23-17(21)14-6-7-15(18)24-14)16(20)19-12-8-9-22-13-5-3-2-4-11(12)13/h2-7,10,12H,8-9H2,1H3,(H,19,20). The Hall–Kier alpha value is -2.28. The van der Waals surface area contributed by atoms with E-state index < -0.39 is 12.1 Å². The van der Waals surface area contributed by atoms with E-state index >= 15 is 0 Å². The van der Waals surface area contributed by atoms with Crippen molar-refractivity contribution in [1.29, 1.82) is 0 Å². The number of fused-ring (bicyclic) bond motifs is 1. The van der Waals surface area contributed by atoms with Crippen molar-refractivity contribution < 1.29 is 23.5 Å². The van der Waals surface area contributed by atoms with Crippen LogP contribution >= 0.6 is 15.9 Å². The van der Waals surface area contributed by atoms with Gasteiger partial charge in [-0.25, -0.2) is 4.79 Å². The summed E-state index contributed by atoms with van der Waals surface area (Å²) in [5.41, 5.74) is 0.922. The molecule has 1 amide bonds. The number of amides is 1. The van der Waals surface area contributed by atoms with Crippen LogP contribution in [0.2, 0.25) is 0 Å². The Kier molecular flexibility index (Phi) is 4.89. The third kappa shape index (κ3) is 3.62. The van der Waals surface area contributed by atoms with Gasteiger partial charge < -0.3 is 19.2 Å². The van der Waals surface area contributed by atoms with Gasteiger partial charge in [-0.15, -0.1) is 0 Å². The summed E-state index contributed by atoms with van der Waals surface area (Å²) < 4.78 is 16.2. The van der Waals surface area contributed by atoms with Crippen LogP contribution in [-0.2, 0) is 9.53 Å². The van der Waals surface area contributed by atoms with E-state index in [1.54, 1.807) is 6.07 Å². The zero-order valence-electron chi connectivity index (χ0n) is 13.0. The van der Waals surface area contributed by atoms with Gasteiger partial charge in [0.25, 0.3) is 5.91 Å². The minimum Gasteiger partial charge on any atom is -0.493 e. The summed E-state index contributed by atoms with van der Waals surface area (Å²) >= 11 is 3.11. The van der Waals surface area contributed by atoms with Gasteiger partial charge in [0.05, 0.1) is 12.6 Å². The van der Waals surface area contributed by atoms with E-state index in [-0.39, 0.29) is 17.7 Å². The number of hydrogen-bond acceptors (Lipinski definition) is 5. The fraction of sp³-hybridized carbons (Fsp3) is 0.294. The summed E-state index contributed by atoms with van der Waals surface area (Å²) in [5, 5.41) is 2.90. The zero-order chi connectivity index (χ0) is 17.1. The van der Waals surface area contributed by atoms with E-state index in [1.807, 2.05) is 24.3 Å². The number of hydrogen-bond donors (Lipinski definition) is 1. The highest BCUT2D eigenvalue weighted by molar-refractivity contribution is 9.10. The molecule has 1 aliphatic heterocycles. The molecule has 3 rings (SSSR count). The second kappa shape index (κ2) is 7.09. The maximum absolute atomic E-state index is 12.3. The smallest absolute Gasteiger partial charge is 0.375 e. The van der Waals surface area contributed by atoms with Gasteiger partial charge in [0.2, 0.25) is 5.76 Å². The van der Waals surface area contributed by atoms with Gasteiger partial charge in [0.1, 0.15) is 5.75 Å². The number of nitrogens with one attached hydrogen (secondary N) is 1. The highest BCUT2D eigenvalue weighted by atomic mass is 79.9. The third-order valence-electron chi connectivity index (χ3n) is 3.70. The molecule has 0 bridgehead atoms. The maximum atomic E-state index is 12.3. The van der Waals surface area contributed by atoms with Gasteiger partial charge in [-0.3, -0.25) is 4.79 Å². The van der Waals surface area contributed by atoms with Crippen molar-refractivity contribution in [3.05, 3.63) is 52.4 Å². The molecule has 1 aliphatic rings. The van der Waals surface area contributed by atoms with Crippen LogP contribution in [-0.4, -0.2) is 24.6 Å². The predicted molar refractivity (Wildman–Crippen MR) is 88.7 cm³/mol. The number of furan rings is 1. The average molecular weight is 394 g/mol. The highest BCUT2D eigenvalue weighted by Gasteiger charge is 2.27. The van der Waals surface area contributed by atoms with Crippen LogP contribution in [0.15, 0.2) is 45.5 Å². The number of benzene rings is 1. The van der Waals surface area contributed by atoms with Crippen LogP contribution < -0.4 is 10.1 Å². The Morgan fingerprint density at radius 3 is 2.83 bits per heavy atom. The molecule has 0 saturated carbocycles. The van der Waals surface area contributed by atoms with Gasteiger partial charge in [0.15, 0.2) is 10.8 Å². The van der Waals surface area contributed by atoms with Crippen molar-refractivity contribution in [3.8, 4) is 5.75 Å². The van der Waals surface area contributed by atoms with Crippen LogP contribution in [0, 0.1) is 0 Å². The number of para-hydroxylation sites is 1. The molecule has 0 fully saturated rings. The molecule has 0 aliphatic carbocycles. The van der Waals surface area contributed by atoms with E-state index in [9.17, 15) is 9.59 Å². The van der Waals surface area contributed by atoms with E-state index in [2.05, 4.69) is 21.2 Å². The molecule has 1 N–H and O–H groups in total. The highest BCUT2D eigenvalue weighted by Crippen LogP contribution is 2.31. The number of esters is 1. The van der Waals surface area contributed by atoms with E-state index in [4.69, 9.17) is 13.9 Å². The van der Waals surface area contributed by atoms with Crippen molar-refractivity contribution in [3.63, 3.8) is 0 Å². The molecule has 126 valence electrons. The Morgan fingerprint density at radius 1 is 1.29 bits per heavy atom. The lowest BCUT2D eigenvalue weighted by molar-refractivity contribution is -0.130. The van der Waals surface area contributed by atoms with Gasteiger partial charge in [-0.2, -0.15) is 0 Å². The Labute approximate surface area is 147 Å². The van der Waals surface area contributed by atoms with Gasteiger partial charge >= 0.3 is 5.97 Å². The SMILES string of the molecule is CC(OC(=O)c1ccc(Br)o1)C(=O)NC1CCOc2ccccc21. The molecular weight excluding hydrogens is 378 g/mol. The number of carbonyl (C=O) groups is 2. The fourth-order valence-corrected chi connectivity index (χ4v) is 2.78. The van der Waals surface area contributed by atoms with Crippen molar-refractivity contribution >= 4 is 27.8 Å². The molecule has 7 heteroatoms. The lowest BCUT2D eigenvalue weighted by atomic mass is 10.0. The van der Waals surface area contributed by atoms with Crippen LogP contribution in [0.25, 0.3) is 0 Å². The lowest BCUT2D eigenvalue weighted by Crippen LogP contribution is -2.39. The molecule has 0 saturated heterocycles. The van der Waals surface area contributed by atoms with E-state index in [1.165, 1.54) is 13.0 Å². The molecule has 2 aromatic rings. The topological polar surface area (TPSA) is 77.8 Å². The summed E-state index contributed by atoms with van der Waals surface area (Å²) in [6.45, 7) is 2.05. The van der Waals surface area contributed by atoms with E-state index in [0.29, 0.717) is 17.7 Å². The summed E-state index contributed by atoms with van der Waals surface area (Å²) in [7, 11) is 0. The maximum Gasteiger partial charge on any atom is 0.375 e. The first-order chi connectivity index (χ1) is 11.5. The average Bonchev–Trinajstić information content (AvgIpc) is 3.01. The van der Waals surface area contributed by atoms with Gasteiger partial charge in [-0.05, 0) is 41.1 Å². The number of rotatable bonds is 4. The molecule has 0 radical (unpaired) electrons. The number of carbonyl (C=O) groups excluding carboxylic acids is 2. The number of halogens is 1. The first-order valence-corrected chi connectivity index (χ1v) is 8.32. The van der Waals surface area contributed by atoms with Crippen LogP contribution in [0.5, 0.6) is 5.75 Å². The largest absolute Gasteiger partial charge is 0.493 e. The predicted octanol–water partition coefficient (Wildman–Crippen LogP) is 3.23.